The number of rotatable bonds is 9. The Hall–Kier alpha value is -1.15. The second-order valence-corrected chi connectivity index (χ2v) is 8.67. The highest BCUT2D eigenvalue weighted by molar-refractivity contribution is 8.01. The molecule has 0 N–H and O–H groups in total. The maximum atomic E-state index is 12.5. The number of ether oxygens (including phenoxy) is 3. The number of carbonyl (C=O) groups excluding carboxylic acids is 3. The van der Waals surface area contributed by atoms with Gasteiger partial charge in [-0.2, -0.15) is 0 Å². The fraction of sp³-hybridized carbons (Fsp3) is 0.722. The minimum Gasteiger partial charge on any atom is -0.468 e. The molecule has 6 nitrogen and oxygen atoms in total. The maximum Gasteiger partial charge on any atom is 0.335 e. The summed E-state index contributed by atoms with van der Waals surface area (Å²) < 4.78 is 15.2. The van der Waals surface area contributed by atoms with Crippen molar-refractivity contribution in [2.75, 3.05) is 25.7 Å². The third-order valence-corrected chi connectivity index (χ3v) is 7.15. The lowest BCUT2D eigenvalue weighted by molar-refractivity contribution is -0.140. The van der Waals surface area contributed by atoms with E-state index in [9.17, 15) is 14.4 Å². The summed E-state index contributed by atoms with van der Waals surface area (Å²) in [6.07, 6.45) is 4.17. The van der Waals surface area contributed by atoms with Crippen LogP contribution in [0.1, 0.15) is 39.0 Å². The summed E-state index contributed by atoms with van der Waals surface area (Å²) >= 11 is 2.94. The van der Waals surface area contributed by atoms with E-state index < -0.39 is 0 Å². The molecule has 0 fully saturated rings. The summed E-state index contributed by atoms with van der Waals surface area (Å²) in [5, 5.41) is 0.0168. The molecule has 1 heterocycles. The van der Waals surface area contributed by atoms with E-state index in [1.54, 1.807) is 0 Å². The number of cyclic esters (lactones) is 1. The van der Waals surface area contributed by atoms with E-state index in [0.29, 0.717) is 0 Å². The van der Waals surface area contributed by atoms with Crippen LogP contribution in [0, 0.1) is 0 Å². The first-order valence-corrected chi connectivity index (χ1v) is 10.9. The summed E-state index contributed by atoms with van der Waals surface area (Å²) in [5.74, 6) is -0.358. The monoisotopic (exact) mass is 402 g/mol. The Bertz CT molecular complexity index is 574. The molecule has 0 radical (unpaired) electrons. The molecule has 0 saturated heterocycles. The van der Waals surface area contributed by atoms with Crippen molar-refractivity contribution in [2.24, 2.45) is 0 Å². The molecule has 1 aliphatic carbocycles. The number of esters is 3. The van der Waals surface area contributed by atoms with E-state index in [-0.39, 0.29) is 46.0 Å². The Morgan fingerprint density at radius 1 is 1.23 bits per heavy atom. The Balaban J connectivity index is 2.14. The molecule has 3 unspecified atom stereocenters. The van der Waals surface area contributed by atoms with Gasteiger partial charge in [-0.15, -0.1) is 23.5 Å². The molecule has 0 aromatic rings. The van der Waals surface area contributed by atoms with Crippen LogP contribution in [0.15, 0.2) is 11.1 Å². The molecule has 1 aliphatic heterocycles. The molecule has 0 saturated carbocycles. The largest absolute Gasteiger partial charge is 0.468 e. The van der Waals surface area contributed by atoms with Crippen molar-refractivity contribution in [3.8, 4) is 0 Å². The van der Waals surface area contributed by atoms with Crippen LogP contribution >= 0.6 is 23.5 Å². The van der Waals surface area contributed by atoms with Crippen LogP contribution in [-0.4, -0.2) is 60.2 Å². The summed E-state index contributed by atoms with van der Waals surface area (Å²) in [6.45, 7) is 2.08. The van der Waals surface area contributed by atoms with Crippen molar-refractivity contribution in [1.82, 2.24) is 0 Å². The van der Waals surface area contributed by atoms with E-state index in [1.807, 2.05) is 0 Å². The molecule has 8 heteroatoms. The van der Waals surface area contributed by atoms with Crippen molar-refractivity contribution in [1.29, 1.82) is 0 Å². The lowest BCUT2D eigenvalue weighted by Crippen LogP contribution is -2.28. The van der Waals surface area contributed by atoms with Crippen LogP contribution < -0.4 is 0 Å². The van der Waals surface area contributed by atoms with Crippen LogP contribution in [-0.2, 0) is 28.6 Å². The second-order valence-electron chi connectivity index (χ2n) is 6.25. The van der Waals surface area contributed by atoms with Crippen LogP contribution in [0.4, 0.5) is 0 Å². The van der Waals surface area contributed by atoms with Crippen molar-refractivity contribution >= 4 is 41.4 Å². The van der Waals surface area contributed by atoms with Gasteiger partial charge in [-0.1, -0.05) is 13.3 Å². The third-order valence-electron chi connectivity index (χ3n) is 4.56. The Kier molecular flexibility index (Phi) is 8.34. The average molecular weight is 403 g/mol. The molecule has 0 aromatic carbocycles. The van der Waals surface area contributed by atoms with Gasteiger partial charge < -0.3 is 14.2 Å². The van der Waals surface area contributed by atoms with E-state index in [4.69, 9.17) is 14.2 Å². The van der Waals surface area contributed by atoms with Gasteiger partial charge in [0.1, 0.15) is 6.10 Å². The lowest BCUT2D eigenvalue weighted by Gasteiger charge is -2.26. The fourth-order valence-electron chi connectivity index (χ4n) is 3.31. The van der Waals surface area contributed by atoms with Crippen LogP contribution in [0.25, 0.3) is 0 Å². The predicted octanol–water partition coefficient (Wildman–Crippen LogP) is 2.74. The minimum atomic E-state index is -0.289. The zero-order chi connectivity index (χ0) is 19.1. The number of hydrogen-bond acceptors (Lipinski definition) is 8. The van der Waals surface area contributed by atoms with Crippen molar-refractivity contribution in [2.45, 2.75) is 55.6 Å². The van der Waals surface area contributed by atoms with Gasteiger partial charge in [-0.25, -0.2) is 4.79 Å². The molecule has 2 rings (SSSR count). The van der Waals surface area contributed by atoms with Crippen molar-refractivity contribution < 1.29 is 28.6 Å². The molecule has 146 valence electrons. The smallest absolute Gasteiger partial charge is 0.335 e. The molecule has 0 aromatic heterocycles. The number of thioether (sulfide) groups is 2. The summed E-state index contributed by atoms with van der Waals surface area (Å²) in [6, 6.07) is 0. The van der Waals surface area contributed by atoms with Crippen LogP contribution in [0.5, 0.6) is 0 Å². The highest BCUT2D eigenvalue weighted by atomic mass is 32.2. The Morgan fingerprint density at radius 2 is 1.92 bits per heavy atom. The highest BCUT2D eigenvalue weighted by Crippen LogP contribution is 2.43. The standard InChI is InChI=1S/C18H26O6S2/c1-4-6-13(26-10-15(20)23-3)17-11-7-5-8-12(16(11)18(21)24-17)25-9-14(19)22-2/h12-13,17H,4-10H2,1-3H3. The number of hydrogen-bond donors (Lipinski definition) is 0. The normalized spacial score (nSPS) is 23.3. The SMILES string of the molecule is CCCC(SCC(=O)OC)C1OC(=O)C2=C1CCCC2SCC(=O)OC. The lowest BCUT2D eigenvalue weighted by atomic mass is 9.88. The minimum absolute atomic E-state index is 0.0248. The first-order valence-electron chi connectivity index (χ1n) is 8.82. The van der Waals surface area contributed by atoms with Gasteiger partial charge in [0.25, 0.3) is 0 Å². The molecule has 3 atom stereocenters. The first-order chi connectivity index (χ1) is 12.5. The van der Waals surface area contributed by atoms with Gasteiger partial charge in [0.2, 0.25) is 0 Å². The Morgan fingerprint density at radius 3 is 2.58 bits per heavy atom. The second kappa shape index (κ2) is 10.3. The molecule has 2 aliphatic rings. The molecule has 0 amide bonds. The maximum absolute atomic E-state index is 12.5. The summed E-state index contributed by atoms with van der Waals surface area (Å²) in [7, 11) is 2.74. The topological polar surface area (TPSA) is 78.9 Å². The molecule has 0 spiro atoms. The molecular weight excluding hydrogens is 376 g/mol. The molecule has 0 bridgehead atoms. The van der Waals surface area contributed by atoms with Gasteiger partial charge >= 0.3 is 17.9 Å². The zero-order valence-corrected chi connectivity index (χ0v) is 17.1. The van der Waals surface area contributed by atoms with Crippen molar-refractivity contribution in [3.63, 3.8) is 0 Å². The van der Waals surface area contributed by atoms with Crippen molar-refractivity contribution in [3.05, 3.63) is 11.1 Å². The van der Waals surface area contributed by atoms with Gasteiger partial charge in [-0.3, -0.25) is 9.59 Å². The summed E-state index contributed by atoms with van der Waals surface area (Å²) in [4.78, 5) is 35.5. The van der Waals surface area contributed by atoms with Gasteiger partial charge in [0, 0.05) is 10.5 Å². The van der Waals surface area contributed by atoms with E-state index in [2.05, 4.69) is 6.92 Å². The van der Waals surface area contributed by atoms with E-state index >= 15 is 0 Å². The predicted molar refractivity (Wildman–Crippen MR) is 102 cm³/mol. The van der Waals surface area contributed by atoms with Gasteiger partial charge in [0.05, 0.1) is 31.3 Å². The summed E-state index contributed by atoms with van der Waals surface area (Å²) in [5.41, 5.74) is 1.79. The highest BCUT2D eigenvalue weighted by Gasteiger charge is 2.43. The van der Waals surface area contributed by atoms with Crippen LogP contribution in [0.3, 0.4) is 0 Å². The number of methoxy groups -OCH3 is 2. The quantitative estimate of drug-likeness (QED) is 0.430. The van der Waals surface area contributed by atoms with E-state index in [0.717, 1.165) is 43.3 Å². The van der Waals surface area contributed by atoms with Crippen LogP contribution in [0.2, 0.25) is 0 Å². The molecule has 26 heavy (non-hydrogen) atoms. The number of carbonyl (C=O) groups is 3. The van der Waals surface area contributed by atoms with E-state index in [1.165, 1.54) is 37.7 Å². The average Bonchev–Trinajstić information content (AvgIpc) is 3.00. The van der Waals surface area contributed by atoms with Gasteiger partial charge in [-0.05, 0) is 31.3 Å². The first kappa shape index (κ1) is 21.2. The molecular formula is C18H26O6S2. The Labute approximate surface area is 162 Å². The fourth-order valence-corrected chi connectivity index (χ4v) is 5.77. The zero-order valence-electron chi connectivity index (χ0n) is 15.4. The third kappa shape index (κ3) is 5.19. The van der Waals surface area contributed by atoms with Gasteiger partial charge in [0.15, 0.2) is 0 Å².